The quantitative estimate of drug-likeness (QED) is 0.422. The standard InChI is InChI=1S/C8H16BNO2/c11-5-8(10-9-6-12)4-7-2-1-3-7/h6-11H,1-5H2. The zero-order valence-corrected chi connectivity index (χ0v) is 7.33. The lowest BCUT2D eigenvalue weighted by molar-refractivity contribution is 0.203. The Morgan fingerprint density at radius 3 is 2.83 bits per heavy atom. The first-order valence-electron chi connectivity index (χ1n) is 4.64. The number of carbonyl (C=O) groups is 1. The molecule has 1 aliphatic carbocycles. The van der Waals surface area contributed by atoms with Crippen molar-refractivity contribution in [1.29, 1.82) is 0 Å². The lowest BCUT2D eigenvalue weighted by Gasteiger charge is -2.29. The molecule has 0 bridgehead atoms. The molecule has 4 heteroatoms. The Bertz CT molecular complexity index is 139. The molecule has 1 aliphatic rings. The molecule has 0 aliphatic heterocycles. The predicted molar refractivity (Wildman–Crippen MR) is 49.9 cm³/mol. The maximum absolute atomic E-state index is 10.1. The van der Waals surface area contributed by atoms with E-state index in [9.17, 15) is 4.79 Å². The molecular formula is C8H16BNO2. The van der Waals surface area contributed by atoms with Crippen molar-refractivity contribution in [2.75, 3.05) is 6.61 Å². The SMILES string of the molecule is O=CBNC(CO)CC1CCC1. The highest BCUT2D eigenvalue weighted by atomic mass is 16.3. The molecule has 1 rings (SSSR count). The maximum atomic E-state index is 10.1. The van der Waals surface area contributed by atoms with Crippen LogP contribution in [0.5, 0.6) is 0 Å². The zero-order valence-electron chi connectivity index (χ0n) is 7.33. The van der Waals surface area contributed by atoms with Crippen LogP contribution in [0, 0.1) is 5.92 Å². The lowest BCUT2D eigenvalue weighted by Crippen LogP contribution is -2.38. The zero-order chi connectivity index (χ0) is 8.81. The Labute approximate surface area is 73.8 Å². The van der Waals surface area contributed by atoms with Gasteiger partial charge in [-0.25, -0.2) is 0 Å². The third-order valence-corrected chi connectivity index (χ3v) is 2.55. The molecule has 12 heavy (non-hydrogen) atoms. The van der Waals surface area contributed by atoms with Crippen molar-refractivity contribution >= 4 is 13.6 Å². The summed E-state index contributed by atoms with van der Waals surface area (Å²) in [5.41, 5.74) is 0. The van der Waals surface area contributed by atoms with E-state index in [-0.39, 0.29) is 12.6 Å². The van der Waals surface area contributed by atoms with Gasteiger partial charge in [-0.15, -0.1) is 0 Å². The second-order valence-electron chi connectivity index (χ2n) is 3.49. The van der Waals surface area contributed by atoms with Gasteiger partial charge < -0.3 is 15.1 Å². The van der Waals surface area contributed by atoms with E-state index in [1.54, 1.807) is 0 Å². The predicted octanol–water partition coefficient (Wildman–Crippen LogP) is -0.331. The van der Waals surface area contributed by atoms with E-state index in [1.807, 2.05) is 0 Å². The highest BCUT2D eigenvalue weighted by Gasteiger charge is 2.21. The number of hydrogen-bond acceptors (Lipinski definition) is 3. The molecule has 0 heterocycles. The Morgan fingerprint density at radius 2 is 2.42 bits per heavy atom. The van der Waals surface area contributed by atoms with Gasteiger partial charge in [0.1, 0.15) is 0 Å². The first kappa shape index (κ1) is 9.74. The van der Waals surface area contributed by atoms with Crippen LogP contribution in [0.2, 0.25) is 0 Å². The van der Waals surface area contributed by atoms with Crippen LogP contribution >= 0.6 is 0 Å². The number of hydrogen-bond donors (Lipinski definition) is 2. The number of nitrogens with one attached hydrogen (secondary N) is 1. The van der Waals surface area contributed by atoms with Crippen LogP contribution in [0.3, 0.4) is 0 Å². The van der Waals surface area contributed by atoms with E-state index >= 15 is 0 Å². The Balaban J connectivity index is 2.10. The Morgan fingerprint density at radius 1 is 1.67 bits per heavy atom. The van der Waals surface area contributed by atoms with Gasteiger partial charge in [-0.1, -0.05) is 19.3 Å². The Hall–Kier alpha value is -0.345. The van der Waals surface area contributed by atoms with Gasteiger partial charge in [0.15, 0.2) is 0 Å². The van der Waals surface area contributed by atoms with Crippen LogP contribution in [0.25, 0.3) is 0 Å². The first-order chi connectivity index (χ1) is 5.86. The van der Waals surface area contributed by atoms with Gasteiger partial charge in [0.05, 0.1) is 12.8 Å². The third-order valence-electron chi connectivity index (χ3n) is 2.55. The normalized spacial score (nSPS) is 19.8. The van der Waals surface area contributed by atoms with E-state index in [4.69, 9.17) is 5.11 Å². The molecule has 1 unspecified atom stereocenters. The molecule has 1 fully saturated rings. The van der Waals surface area contributed by atoms with E-state index in [0.717, 1.165) is 18.5 Å². The topological polar surface area (TPSA) is 49.3 Å². The summed E-state index contributed by atoms with van der Waals surface area (Å²) in [6.45, 7) is 0.143. The van der Waals surface area contributed by atoms with E-state index in [2.05, 4.69) is 5.23 Å². The Kier molecular flexibility index (Phi) is 4.32. The minimum absolute atomic E-state index is 0.125. The highest BCUT2D eigenvalue weighted by Crippen LogP contribution is 2.30. The molecule has 0 aromatic heterocycles. The summed E-state index contributed by atoms with van der Waals surface area (Å²) < 4.78 is 0. The molecule has 1 atom stereocenters. The summed E-state index contributed by atoms with van der Waals surface area (Å²) in [6.07, 6.45) is 5.77. The summed E-state index contributed by atoms with van der Waals surface area (Å²) in [4.78, 5) is 10.1. The summed E-state index contributed by atoms with van der Waals surface area (Å²) in [7, 11) is 0.359. The first-order valence-corrected chi connectivity index (χ1v) is 4.64. The van der Waals surface area contributed by atoms with Gasteiger partial charge in [0.2, 0.25) is 0 Å². The van der Waals surface area contributed by atoms with Crippen LogP contribution in [-0.2, 0) is 4.79 Å². The van der Waals surface area contributed by atoms with E-state index < -0.39 is 0 Å². The summed E-state index contributed by atoms with van der Waals surface area (Å²) in [5.74, 6) is 0.779. The fourth-order valence-corrected chi connectivity index (χ4v) is 1.57. The molecule has 0 amide bonds. The molecule has 0 radical (unpaired) electrons. The highest BCUT2D eigenvalue weighted by molar-refractivity contribution is 6.64. The molecule has 0 aromatic rings. The maximum Gasteiger partial charge on any atom is 0.278 e. The van der Waals surface area contributed by atoms with Crippen LogP contribution in [-0.4, -0.2) is 31.4 Å². The van der Waals surface area contributed by atoms with Crippen molar-refractivity contribution in [3.05, 3.63) is 0 Å². The van der Waals surface area contributed by atoms with Crippen LogP contribution in [0.4, 0.5) is 0 Å². The molecular weight excluding hydrogens is 153 g/mol. The van der Waals surface area contributed by atoms with Gasteiger partial charge in [-0.05, 0) is 12.3 Å². The summed E-state index contributed by atoms with van der Waals surface area (Å²) >= 11 is 0. The molecule has 0 aromatic carbocycles. The monoisotopic (exact) mass is 169 g/mol. The number of rotatable bonds is 6. The van der Waals surface area contributed by atoms with E-state index in [1.165, 1.54) is 19.3 Å². The van der Waals surface area contributed by atoms with Gasteiger partial charge in [0.25, 0.3) is 7.41 Å². The van der Waals surface area contributed by atoms with Gasteiger partial charge in [0, 0.05) is 6.04 Å². The largest absolute Gasteiger partial charge is 0.395 e. The summed E-state index contributed by atoms with van der Waals surface area (Å²) in [6, 6.07) is 0.125. The van der Waals surface area contributed by atoms with Crippen LogP contribution in [0.1, 0.15) is 25.7 Å². The lowest BCUT2D eigenvalue weighted by atomic mass is 9.80. The van der Waals surface area contributed by atoms with Gasteiger partial charge >= 0.3 is 0 Å². The van der Waals surface area contributed by atoms with Crippen LogP contribution in [0.15, 0.2) is 0 Å². The molecule has 0 spiro atoms. The number of aliphatic hydroxyl groups excluding tert-OH is 1. The molecule has 3 nitrogen and oxygen atoms in total. The number of carbonyl (C=O) groups excluding carboxylic acids is 1. The van der Waals surface area contributed by atoms with Crippen molar-refractivity contribution in [3.63, 3.8) is 0 Å². The van der Waals surface area contributed by atoms with Gasteiger partial charge in [-0.2, -0.15) is 0 Å². The second-order valence-corrected chi connectivity index (χ2v) is 3.49. The minimum atomic E-state index is 0.125. The average molecular weight is 169 g/mol. The van der Waals surface area contributed by atoms with Crippen molar-refractivity contribution in [2.24, 2.45) is 5.92 Å². The molecule has 0 saturated heterocycles. The van der Waals surface area contributed by atoms with Crippen molar-refractivity contribution in [1.82, 2.24) is 5.23 Å². The second kappa shape index (κ2) is 5.33. The minimum Gasteiger partial charge on any atom is -0.395 e. The van der Waals surface area contributed by atoms with Crippen LogP contribution < -0.4 is 5.23 Å². The fourth-order valence-electron chi connectivity index (χ4n) is 1.57. The molecule has 2 N–H and O–H groups in total. The molecule has 1 saturated carbocycles. The summed E-state index contributed by atoms with van der Waals surface area (Å²) in [5, 5.41) is 11.9. The average Bonchev–Trinajstić information content (AvgIpc) is 2.02. The van der Waals surface area contributed by atoms with Crippen molar-refractivity contribution in [3.8, 4) is 0 Å². The smallest absolute Gasteiger partial charge is 0.278 e. The fraction of sp³-hybridized carbons (Fsp3) is 0.875. The van der Waals surface area contributed by atoms with E-state index in [0.29, 0.717) is 7.41 Å². The third kappa shape index (κ3) is 2.95. The molecule has 68 valence electrons. The number of aliphatic hydroxyl groups is 1. The van der Waals surface area contributed by atoms with Gasteiger partial charge in [-0.3, -0.25) is 0 Å². The van der Waals surface area contributed by atoms with Crippen molar-refractivity contribution < 1.29 is 9.90 Å². The van der Waals surface area contributed by atoms with Crippen molar-refractivity contribution in [2.45, 2.75) is 31.7 Å².